The fourth-order valence-corrected chi connectivity index (χ4v) is 4.45. The van der Waals surface area contributed by atoms with Gasteiger partial charge in [0, 0.05) is 29.1 Å². The van der Waals surface area contributed by atoms with E-state index in [0.717, 1.165) is 23.8 Å². The third kappa shape index (κ3) is 6.17. The summed E-state index contributed by atoms with van der Waals surface area (Å²) >= 11 is 1.26. The number of thioether (sulfide) groups is 1. The van der Waals surface area contributed by atoms with Gasteiger partial charge < -0.3 is 5.32 Å². The van der Waals surface area contributed by atoms with Crippen LogP contribution in [0.25, 0.3) is 5.69 Å². The highest BCUT2D eigenvalue weighted by Crippen LogP contribution is 2.31. The Balaban J connectivity index is 1.63. The van der Waals surface area contributed by atoms with Crippen molar-refractivity contribution in [2.45, 2.75) is 30.1 Å². The zero-order valence-electron chi connectivity index (χ0n) is 19.6. The van der Waals surface area contributed by atoms with Crippen LogP contribution in [0.15, 0.2) is 78.0 Å². The minimum absolute atomic E-state index is 0.130. The van der Waals surface area contributed by atoms with Gasteiger partial charge in [0.1, 0.15) is 5.82 Å². The van der Waals surface area contributed by atoms with Crippen LogP contribution in [-0.2, 0) is 11.9 Å². The maximum Gasteiger partial charge on any atom is 0.416 e. The maximum atomic E-state index is 13.3. The molecule has 1 heterocycles. The molecule has 0 radical (unpaired) electrons. The number of amides is 1. The van der Waals surface area contributed by atoms with Gasteiger partial charge in [-0.15, -0.1) is 10.2 Å². The Morgan fingerprint density at radius 3 is 2.39 bits per heavy atom. The second-order valence-electron chi connectivity index (χ2n) is 8.14. The van der Waals surface area contributed by atoms with Crippen molar-refractivity contribution in [1.82, 2.24) is 20.1 Å². The molecule has 8 nitrogen and oxygen atoms in total. The van der Waals surface area contributed by atoms with E-state index in [0.29, 0.717) is 16.6 Å². The number of carbonyl (C=O) groups excluding carboxylic acids is 1. The first-order valence-electron chi connectivity index (χ1n) is 11.1. The molecule has 4 aromatic rings. The minimum Gasteiger partial charge on any atom is -0.342 e. The molecular weight excluding hydrogens is 526 g/mol. The van der Waals surface area contributed by atoms with Gasteiger partial charge in [-0.3, -0.25) is 19.5 Å². The van der Waals surface area contributed by atoms with E-state index in [1.807, 2.05) is 0 Å². The lowest BCUT2D eigenvalue weighted by molar-refractivity contribution is -0.384. The Hall–Kier alpha value is -4.26. The van der Waals surface area contributed by atoms with E-state index in [1.54, 1.807) is 23.6 Å². The number of alkyl halides is 3. The normalized spacial score (nSPS) is 12.2. The van der Waals surface area contributed by atoms with Crippen LogP contribution in [0.3, 0.4) is 0 Å². The van der Waals surface area contributed by atoms with Crippen LogP contribution in [0.2, 0.25) is 0 Å². The summed E-state index contributed by atoms with van der Waals surface area (Å²) in [6, 6.07) is 14.7. The van der Waals surface area contributed by atoms with E-state index < -0.39 is 28.6 Å². The fraction of sp³-hybridized carbons (Fsp3) is 0.160. The van der Waals surface area contributed by atoms with Gasteiger partial charge in [0.05, 0.1) is 16.5 Å². The molecule has 0 aliphatic carbocycles. The third-order valence-corrected chi connectivity index (χ3v) is 6.45. The van der Waals surface area contributed by atoms with E-state index in [2.05, 4.69) is 15.5 Å². The van der Waals surface area contributed by atoms with Crippen LogP contribution in [0.5, 0.6) is 0 Å². The zero-order chi connectivity index (χ0) is 27.4. The summed E-state index contributed by atoms with van der Waals surface area (Å²) in [5, 5.41) is 22.5. The summed E-state index contributed by atoms with van der Waals surface area (Å²) in [4.78, 5) is 23.3. The molecule has 13 heteroatoms. The zero-order valence-corrected chi connectivity index (χ0v) is 20.5. The number of hydrogen-bond acceptors (Lipinski definition) is 6. The number of nitro benzene ring substituents is 1. The number of nitrogens with zero attached hydrogens (tertiary/aromatic N) is 4. The Kier molecular flexibility index (Phi) is 7.76. The van der Waals surface area contributed by atoms with Gasteiger partial charge >= 0.3 is 6.18 Å². The first-order valence-corrected chi connectivity index (χ1v) is 12.1. The van der Waals surface area contributed by atoms with Crippen LogP contribution >= 0.6 is 11.8 Å². The highest BCUT2D eigenvalue weighted by atomic mass is 32.2. The molecule has 4 rings (SSSR count). The van der Waals surface area contributed by atoms with Crippen LogP contribution in [0, 0.1) is 15.9 Å². The molecule has 1 unspecified atom stereocenters. The van der Waals surface area contributed by atoms with Crippen molar-refractivity contribution in [1.29, 1.82) is 0 Å². The molecule has 0 fully saturated rings. The number of aromatic nitrogens is 3. The highest BCUT2D eigenvalue weighted by molar-refractivity contribution is 7.98. The average Bonchev–Trinajstić information content (AvgIpc) is 3.32. The number of rotatable bonds is 8. The van der Waals surface area contributed by atoms with Gasteiger partial charge in [0.2, 0.25) is 0 Å². The Morgan fingerprint density at radius 2 is 1.76 bits per heavy atom. The molecule has 1 atom stereocenters. The van der Waals surface area contributed by atoms with Gasteiger partial charge in [-0.1, -0.05) is 30.0 Å². The number of carbonyl (C=O) groups is 1. The standard InChI is InChI=1S/C25H19F4N5O3S/c1-15(30-23(35)17-3-2-4-18(13-17)25(27,28)29)22-31-32-24(38-14-16-5-7-19(26)8-6-16)33(22)20-9-11-21(12-10-20)34(36)37/h2-13,15H,14H2,1H3,(H,30,35). The molecule has 3 aromatic carbocycles. The predicted molar refractivity (Wildman–Crippen MR) is 131 cm³/mol. The molecule has 0 saturated carbocycles. The number of nitrogens with one attached hydrogen (secondary N) is 1. The molecular formula is C25H19F4N5O3S. The summed E-state index contributed by atoms with van der Waals surface area (Å²) in [5.41, 5.74) is 0.0135. The van der Waals surface area contributed by atoms with Gasteiger partial charge in [0.25, 0.3) is 11.6 Å². The summed E-state index contributed by atoms with van der Waals surface area (Å²) in [6.07, 6.45) is -4.60. The van der Waals surface area contributed by atoms with Crippen molar-refractivity contribution >= 4 is 23.4 Å². The van der Waals surface area contributed by atoms with E-state index in [4.69, 9.17) is 0 Å². The van der Waals surface area contributed by atoms with Crippen LogP contribution in [0.1, 0.15) is 40.3 Å². The van der Waals surface area contributed by atoms with E-state index >= 15 is 0 Å². The van der Waals surface area contributed by atoms with E-state index in [1.165, 1.54) is 54.2 Å². The van der Waals surface area contributed by atoms with E-state index in [9.17, 15) is 32.5 Å². The molecule has 38 heavy (non-hydrogen) atoms. The van der Waals surface area contributed by atoms with Crippen molar-refractivity contribution in [3.05, 3.63) is 111 Å². The van der Waals surface area contributed by atoms with E-state index in [-0.39, 0.29) is 22.9 Å². The third-order valence-electron chi connectivity index (χ3n) is 5.45. The summed E-state index contributed by atoms with van der Waals surface area (Å²) in [7, 11) is 0. The molecule has 0 saturated heterocycles. The molecule has 1 N–H and O–H groups in total. The average molecular weight is 546 g/mol. The van der Waals surface area contributed by atoms with Crippen molar-refractivity contribution in [3.63, 3.8) is 0 Å². The lowest BCUT2D eigenvalue weighted by atomic mass is 10.1. The Labute approximate surface area is 217 Å². The van der Waals surface area contributed by atoms with Crippen molar-refractivity contribution in [2.75, 3.05) is 0 Å². The fourth-order valence-electron chi connectivity index (χ4n) is 3.53. The monoisotopic (exact) mass is 545 g/mol. The molecule has 0 aliphatic heterocycles. The second kappa shape index (κ2) is 11.0. The Morgan fingerprint density at radius 1 is 1.08 bits per heavy atom. The minimum atomic E-state index is -4.60. The number of hydrogen-bond donors (Lipinski definition) is 1. The second-order valence-corrected chi connectivity index (χ2v) is 9.08. The molecule has 1 aromatic heterocycles. The predicted octanol–water partition coefficient (Wildman–Crippen LogP) is 6.12. The number of nitro groups is 1. The van der Waals surface area contributed by atoms with Gasteiger partial charge in [0.15, 0.2) is 11.0 Å². The molecule has 1 amide bonds. The number of non-ortho nitro benzene ring substituents is 1. The topological polar surface area (TPSA) is 103 Å². The molecule has 0 spiro atoms. The number of benzene rings is 3. The van der Waals surface area contributed by atoms with Crippen molar-refractivity contribution in [3.8, 4) is 5.69 Å². The maximum absolute atomic E-state index is 13.3. The number of halogens is 4. The van der Waals surface area contributed by atoms with Crippen LogP contribution in [-0.4, -0.2) is 25.6 Å². The van der Waals surface area contributed by atoms with Gasteiger partial charge in [-0.25, -0.2) is 4.39 Å². The SMILES string of the molecule is CC(NC(=O)c1cccc(C(F)(F)F)c1)c1nnc(SCc2ccc(F)cc2)n1-c1ccc([N+](=O)[O-])cc1. The smallest absolute Gasteiger partial charge is 0.342 e. The largest absolute Gasteiger partial charge is 0.416 e. The molecule has 0 bridgehead atoms. The van der Waals surface area contributed by atoms with Crippen molar-refractivity contribution in [2.24, 2.45) is 0 Å². The van der Waals surface area contributed by atoms with Gasteiger partial charge in [-0.2, -0.15) is 13.2 Å². The van der Waals surface area contributed by atoms with Crippen molar-refractivity contribution < 1.29 is 27.3 Å². The van der Waals surface area contributed by atoms with Crippen LogP contribution in [0.4, 0.5) is 23.2 Å². The first kappa shape index (κ1) is 26.8. The van der Waals surface area contributed by atoms with Gasteiger partial charge in [-0.05, 0) is 55.0 Å². The molecule has 0 aliphatic rings. The first-order chi connectivity index (χ1) is 18.0. The summed E-state index contributed by atoms with van der Waals surface area (Å²) in [5.74, 6) is -0.473. The molecule has 196 valence electrons. The quantitative estimate of drug-likeness (QED) is 0.124. The Bertz CT molecular complexity index is 1460. The lowest BCUT2D eigenvalue weighted by Gasteiger charge is -2.17. The highest BCUT2D eigenvalue weighted by Gasteiger charge is 2.31. The van der Waals surface area contributed by atoms with Crippen LogP contribution < -0.4 is 5.32 Å². The lowest BCUT2D eigenvalue weighted by Crippen LogP contribution is -2.29. The summed E-state index contributed by atoms with van der Waals surface area (Å²) < 4.78 is 54.1. The summed E-state index contributed by atoms with van der Waals surface area (Å²) in [6.45, 7) is 1.59.